The van der Waals surface area contributed by atoms with Crippen molar-refractivity contribution in [2.75, 3.05) is 24.4 Å². The van der Waals surface area contributed by atoms with E-state index < -0.39 is 23.9 Å². The molecule has 1 atom stereocenters. The number of hydrogen-bond donors (Lipinski definition) is 1. The fourth-order valence-corrected chi connectivity index (χ4v) is 3.98. The molecule has 180 valence electrons. The van der Waals surface area contributed by atoms with Crippen molar-refractivity contribution < 1.29 is 23.9 Å². The van der Waals surface area contributed by atoms with Gasteiger partial charge in [-0.05, 0) is 54.1 Å². The lowest BCUT2D eigenvalue weighted by Gasteiger charge is -2.22. The lowest BCUT2D eigenvalue weighted by atomic mass is 10.1. The van der Waals surface area contributed by atoms with Crippen LogP contribution in [0.5, 0.6) is 11.5 Å². The minimum absolute atomic E-state index is 0.147. The highest BCUT2D eigenvalue weighted by molar-refractivity contribution is 6.30. The number of carbonyl (C=O) groups is 3. The van der Waals surface area contributed by atoms with Crippen LogP contribution in [-0.2, 0) is 16.1 Å². The monoisotopic (exact) mass is 493 g/mol. The van der Waals surface area contributed by atoms with Crippen molar-refractivity contribution in [3.63, 3.8) is 0 Å². The number of halogens is 1. The summed E-state index contributed by atoms with van der Waals surface area (Å²) in [6.07, 6.45) is -0.205. The van der Waals surface area contributed by atoms with Gasteiger partial charge in [0, 0.05) is 23.3 Å². The Morgan fingerprint density at radius 2 is 1.63 bits per heavy atom. The van der Waals surface area contributed by atoms with Crippen LogP contribution >= 0.6 is 11.6 Å². The standard InChI is InChI=1S/C26H24ClN3O5/c1-34-21-12-6-17(7-13-21)16-29-23(15-24(31)28-19-10-8-18(27)9-11-19)25(32)30(26(29)33)20-4-3-5-22(14-20)35-2/h3-14,23H,15-16H2,1-2H3,(H,28,31). The average Bonchev–Trinajstić information content (AvgIpc) is 3.09. The van der Waals surface area contributed by atoms with Crippen LogP contribution in [0.4, 0.5) is 16.2 Å². The number of hydrogen-bond acceptors (Lipinski definition) is 5. The van der Waals surface area contributed by atoms with E-state index in [2.05, 4.69) is 5.32 Å². The van der Waals surface area contributed by atoms with Crippen molar-refractivity contribution >= 4 is 40.8 Å². The Balaban J connectivity index is 1.61. The zero-order chi connectivity index (χ0) is 24.9. The number of carbonyl (C=O) groups excluding carboxylic acids is 3. The van der Waals surface area contributed by atoms with Gasteiger partial charge in [-0.25, -0.2) is 9.69 Å². The van der Waals surface area contributed by atoms with Gasteiger partial charge in [-0.2, -0.15) is 0 Å². The summed E-state index contributed by atoms with van der Waals surface area (Å²) >= 11 is 5.91. The highest BCUT2D eigenvalue weighted by Crippen LogP contribution is 2.31. The number of methoxy groups -OCH3 is 2. The van der Waals surface area contributed by atoms with E-state index in [4.69, 9.17) is 21.1 Å². The van der Waals surface area contributed by atoms with Gasteiger partial charge in [0.05, 0.1) is 26.3 Å². The summed E-state index contributed by atoms with van der Waals surface area (Å²) in [5.74, 6) is 0.303. The molecule has 3 aromatic rings. The fourth-order valence-electron chi connectivity index (χ4n) is 3.85. The van der Waals surface area contributed by atoms with Gasteiger partial charge < -0.3 is 19.7 Å². The van der Waals surface area contributed by atoms with E-state index in [1.165, 1.54) is 12.0 Å². The highest BCUT2D eigenvalue weighted by atomic mass is 35.5. The molecule has 3 aromatic carbocycles. The van der Waals surface area contributed by atoms with E-state index >= 15 is 0 Å². The van der Waals surface area contributed by atoms with Gasteiger partial charge in [-0.3, -0.25) is 9.59 Å². The molecule has 0 aliphatic carbocycles. The van der Waals surface area contributed by atoms with Gasteiger partial charge in [0.15, 0.2) is 0 Å². The van der Waals surface area contributed by atoms with Crippen LogP contribution in [0.2, 0.25) is 5.02 Å². The fraction of sp³-hybridized carbons (Fsp3) is 0.192. The van der Waals surface area contributed by atoms with Crippen LogP contribution in [0.25, 0.3) is 0 Å². The molecule has 1 saturated heterocycles. The number of benzene rings is 3. The number of nitrogens with zero attached hydrogens (tertiary/aromatic N) is 2. The smallest absolute Gasteiger partial charge is 0.332 e. The topological polar surface area (TPSA) is 88.2 Å². The zero-order valence-corrected chi connectivity index (χ0v) is 20.0. The molecular weight excluding hydrogens is 470 g/mol. The van der Waals surface area contributed by atoms with E-state index in [0.29, 0.717) is 27.9 Å². The maximum atomic E-state index is 13.5. The molecule has 0 spiro atoms. The van der Waals surface area contributed by atoms with Crippen LogP contribution in [-0.4, -0.2) is 43.0 Å². The normalized spacial score (nSPS) is 15.3. The summed E-state index contributed by atoms with van der Waals surface area (Å²) < 4.78 is 10.4. The van der Waals surface area contributed by atoms with Crippen LogP contribution < -0.4 is 19.7 Å². The Morgan fingerprint density at radius 3 is 2.29 bits per heavy atom. The summed E-state index contributed by atoms with van der Waals surface area (Å²) in [7, 11) is 3.08. The van der Waals surface area contributed by atoms with E-state index in [1.807, 2.05) is 12.1 Å². The Kier molecular flexibility index (Phi) is 7.22. The minimum atomic E-state index is -0.983. The van der Waals surface area contributed by atoms with Gasteiger partial charge in [-0.15, -0.1) is 0 Å². The number of ether oxygens (including phenoxy) is 2. The van der Waals surface area contributed by atoms with Crippen LogP contribution in [0.3, 0.4) is 0 Å². The van der Waals surface area contributed by atoms with Gasteiger partial charge >= 0.3 is 6.03 Å². The maximum Gasteiger partial charge on any atom is 0.332 e. The Hall–Kier alpha value is -4.04. The first-order chi connectivity index (χ1) is 16.9. The lowest BCUT2D eigenvalue weighted by Crippen LogP contribution is -2.37. The minimum Gasteiger partial charge on any atom is -0.497 e. The Labute approximate surface area is 208 Å². The van der Waals surface area contributed by atoms with Gasteiger partial charge in [0.1, 0.15) is 17.5 Å². The molecule has 1 heterocycles. The van der Waals surface area contributed by atoms with E-state index in [0.717, 1.165) is 10.5 Å². The molecule has 9 heteroatoms. The third-order valence-electron chi connectivity index (χ3n) is 5.65. The molecule has 4 rings (SSSR count). The van der Waals surface area contributed by atoms with Crippen molar-refractivity contribution in [2.45, 2.75) is 19.0 Å². The number of nitrogens with one attached hydrogen (secondary N) is 1. The van der Waals surface area contributed by atoms with Gasteiger partial charge in [0.25, 0.3) is 5.91 Å². The van der Waals surface area contributed by atoms with Crippen molar-refractivity contribution in [1.29, 1.82) is 0 Å². The maximum absolute atomic E-state index is 13.5. The van der Waals surface area contributed by atoms with Crippen molar-refractivity contribution in [3.8, 4) is 11.5 Å². The predicted molar refractivity (Wildman–Crippen MR) is 133 cm³/mol. The summed E-state index contributed by atoms with van der Waals surface area (Å²) in [6.45, 7) is 0.147. The SMILES string of the molecule is COc1ccc(CN2C(=O)N(c3cccc(OC)c3)C(=O)C2CC(=O)Nc2ccc(Cl)cc2)cc1. The number of amides is 4. The molecule has 0 aromatic heterocycles. The number of anilines is 2. The molecule has 0 bridgehead atoms. The second-order valence-electron chi connectivity index (χ2n) is 7.91. The van der Waals surface area contributed by atoms with Crippen molar-refractivity contribution in [2.24, 2.45) is 0 Å². The molecule has 1 aliphatic rings. The molecule has 1 unspecified atom stereocenters. The van der Waals surface area contributed by atoms with E-state index in [9.17, 15) is 14.4 Å². The molecule has 0 radical (unpaired) electrons. The van der Waals surface area contributed by atoms with Gasteiger partial charge in [0.2, 0.25) is 5.91 Å². The second kappa shape index (κ2) is 10.5. The van der Waals surface area contributed by atoms with Crippen LogP contribution in [0, 0.1) is 0 Å². The molecular formula is C26H24ClN3O5. The number of imide groups is 1. The van der Waals surface area contributed by atoms with E-state index in [1.54, 1.807) is 67.8 Å². The Morgan fingerprint density at radius 1 is 0.943 bits per heavy atom. The summed E-state index contributed by atoms with van der Waals surface area (Å²) in [6, 6.07) is 19.0. The predicted octanol–water partition coefficient (Wildman–Crippen LogP) is 4.72. The van der Waals surface area contributed by atoms with Crippen molar-refractivity contribution in [1.82, 2.24) is 4.90 Å². The summed E-state index contributed by atoms with van der Waals surface area (Å²) in [5, 5.41) is 3.30. The first-order valence-electron chi connectivity index (χ1n) is 10.9. The van der Waals surface area contributed by atoms with Crippen molar-refractivity contribution in [3.05, 3.63) is 83.4 Å². The second-order valence-corrected chi connectivity index (χ2v) is 8.35. The quantitative estimate of drug-likeness (QED) is 0.458. The molecule has 1 aliphatic heterocycles. The van der Waals surface area contributed by atoms with E-state index in [-0.39, 0.29) is 13.0 Å². The highest BCUT2D eigenvalue weighted by Gasteiger charge is 2.46. The average molecular weight is 494 g/mol. The molecule has 0 saturated carbocycles. The molecule has 1 fully saturated rings. The first kappa shape index (κ1) is 24.1. The zero-order valence-electron chi connectivity index (χ0n) is 19.2. The van der Waals surface area contributed by atoms with Gasteiger partial charge in [-0.1, -0.05) is 29.8 Å². The van der Waals surface area contributed by atoms with Crippen LogP contribution in [0.1, 0.15) is 12.0 Å². The summed E-state index contributed by atoms with van der Waals surface area (Å²) in [4.78, 5) is 42.2. The Bertz CT molecular complexity index is 1230. The third kappa shape index (κ3) is 5.38. The molecule has 4 amide bonds. The molecule has 35 heavy (non-hydrogen) atoms. The van der Waals surface area contributed by atoms with Crippen LogP contribution in [0.15, 0.2) is 72.8 Å². The largest absolute Gasteiger partial charge is 0.497 e. The molecule has 1 N–H and O–H groups in total. The lowest BCUT2D eigenvalue weighted by molar-refractivity contribution is -0.124. The summed E-state index contributed by atoms with van der Waals surface area (Å²) in [5.41, 5.74) is 1.71. The number of rotatable bonds is 8. The first-order valence-corrected chi connectivity index (χ1v) is 11.2. The third-order valence-corrected chi connectivity index (χ3v) is 5.90. The molecule has 8 nitrogen and oxygen atoms in total. The number of urea groups is 1.